The topological polar surface area (TPSA) is 43.8 Å². The van der Waals surface area contributed by atoms with Crippen LogP contribution in [-0.2, 0) is 4.79 Å². The Morgan fingerprint density at radius 3 is 2.14 bits per heavy atom. The molecule has 2 aliphatic heterocycles. The van der Waals surface area contributed by atoms with E-state index in [1.807, 2.05) is 0 Å². The van der Waals surface area contributed by atoms with Gasteiger partial charge in [-0.3, -0.25) is 9.69 Å². The zero-order chi connectivity index (χ0) is 10.1. The summed E-state index contributed by atoms with van der Waals surface area (Å²) in [6.45, 7) is 7.83. The average Bonchev–Trinajstić information content (AvgIpc) is 2.59. The predicted molar refractivity (Wildman–Crippen MR) is 53.2 cm³/mol. The number of aliphatic carboxylic acids is 1. The van der Waals surface area contributed by atoms with E-state index >= 15 is 0 Å². The van der Waals surface area contributed by atoms with Gasteiger partial charge in [0.15, 0.2) is 0 Å². The van der Waals surface area contributed by atoms with Gasteiger partial charge in [0, 0.05) is 26.2 Å². The lowest BCUT2D eigenvalue weighted by Gasteiger charge is -2.18. The molecule has 80 valence electrons. The van der Waals surface area contributed by atoms with E-state index < -0.39 is 5.97 Å². The molecule has 0 saturated carbocycles. The van der Waals surface area contributed by atoms with Gasteiger partial charge < -0.3 is 10.0 Å². The Kier molecular flexibility index (Phi) is 2.74. The summed E-state index contributed by atoms with van der Waals surface area (Å²) in [6.07, 6.45) is 0. The molecular formula is C10H18N2O2. The van der Waals surface area contributed by atoms with Crippen LogP contribution in [0.25, 0.3) is 0 Å². The number of carboxylic acid groups (broad SMARTS) is 1. The molecule has 2 heterocycles. The highest BCUT2D eigenvalue weighted by Gasteiger charge is 2.39. The molecule has 4 heteroatoms. The van der Waals surface area contributed by atoms with Gasteiger partial charge in [0.25, 0.3) is 0 Å². The highest BCUT2D eigenvalue weighted by molar-refractivity contribution is 5.69. The molecule has 0 amide bonds. The number of fused-ring (bicyclic) bond motifs is 1. The Morgan fingerprint density at radius 1 is 1.21 bits per heavy atom. The first kappa shape index (κ1) is 9.93. The predicted octanol–water partition coefficient (Wildman–Crippen LogP) is -0.0455. The summed E-state index contributed by atoms with van der Waals surface area (Å²) in [4.78, 5) is 15.1. The molecule has 0 aromatic heterocycles. The van der Waals surface area contributed by atoms with Crippen LogP contribution in [0.5, 0.6) is 0 Å². The molecular weight excluding hydrogens is 180 g/mol. The van der Waals surface area contributed by atoms with E-state index in [0.29, 0.717) is 11.8 Å². The maximum absolute atomic E-state index is 10.5. The van der Waals surface area contributed by atoms with Crippen LogP contribution < -0.4 is 0 Å². The molecule has 0 bridgehead atoms. The Hall–Kier alpha value is -0.610. The molecule has 0 aromatic rings. The second kappa shape index (κ2) is 3.87. The van der Waals surface area contributed by atoms with Crippen LogP contribution in [0.1, 0.15) is 6.92 Å². The largest absolute Gasteiger partial charge is 0.480 e. The quantitative estimate of drug-likeness (QED) is 0.691. The van der Waals surface area contributed by atoms with Gasteiger partial charge in [-0.2, -0.15) is 0 Å². The van der Waals surface area contributed by atoms with Gasteiger partial charge >= 0.3 is 5.97 Å². The molecule has 2 fully saturated rings. The van der Waals surface area contributed by atoms with Gasteiger partial charge in [-0.1, -0.05) is 6.92 Å². The monoisotopic (exact) mass is 198 g/mol. The molecule has 14 heavy (non-hydrogen) atoms. The summed E-state index contributed by atoms with van der Waals surface area (Å²) < 4.78 is 0. The van der Waals surface area contributed by atoms with Crippen LogP contribution >= 0.6 is 0 Å². The summed E-state index contributed by atoms with van der Waals surface area (Å²) in [6, 6.07) is 0. The van der Waals surface area contributed by atoms with Crippen molar-refractivity contribution < 1.29 is 9.90 Å². The van der Waals surface area contributed by atoms with Crippen LogP contribution in [-0.4, -0.2) is 60.1 Å². The van der Waals surface area contributed by atoms with E-state index in [1.165, 1.54) is 0 Å². The van der Waals surface area contributed by atoms with Crippen molar-refractivity contribution in [1.82, 2.24) is 9.80 Å². The Bertz CT molecular complexity index is 218. The summed E-state index contributed by atoms with van der Waals surface area (Å²) in [5.74, 6) is 0.737. The summed E-state index contributed by atoms with van der Waals surface area (Å²) in [5.41, 5.74) is 0. The molecule has 1 N–H and O–H groups in total. The lowest BCUT2D eigenvalue weighted by atomic mass is 10.0. The first-order chi connectivity index (χ1) is 6.69. The molecule has 2 rings (SSSR count). The number of hydrogen-bond acceptors (Lipinski definition) is 3. The zero-order valence-corrected chi connectivity index (χ0v) is 8.65. The third kappa shape index (κ3) is 1.91. The van der Waals surface area contributed by atoms with Gasteiger partial charge in [-0.05, 0) is 18.4 Å². The Labute approximate surface area is 84.5 Å². The van der Waals surface area contributed by atoms with Crippen molar-refractivity contribution in [3.8, 4) is 0 Å². The van der Waals surface area contributed by atoms with Crippen molar-refractivity contribution in [3.63, 3.8) is 0 Å². The second-order valence-electron chi connectivity index (χ2n) is 4.46. The molecule has 0 aromatic carbocycles. The van der Waals surface area contributed by atoms with E-state index in [0.717, 1.165) is 32.7 Å². The van der Waals surface area contributed by atoms with Crippen molar-refractivity contribution in [2.75, 3.05) is 39.3 Å². The third-order valence-electron chi connectivity index (χ3n) is 3.44. The SMILES string of the molecule is CCN1CC2CN(CC(=O)O)CC2C1. The Morgan fingerprint density at radius 2 is 1.71 bits per heavy atom. The lowest BCUT2D eigenvalue weighted by molar-refractivity contribution is -0.138. The second-order valence-corrected chi connectivity index (χ2v) is 4.46. The van der Waals surface area contributed by atoms with Crippen molar-refractivity contribution in [2.24, 2.45) is 11.8 Å². The van der Waals surface area contributed by atoms with E-state index in [4.69, 9.17) is 5.11 Å². The maximum atomic E-state index is 10.5. The van der Waals surface area contributed by atoms with E-state index in [-0.39, 0.29) is 6.54 Å². The fourth-order valence-electron chi connectivity index (χ4n) is 2.77. The van der Waals surface area contributed by atoms with Crippen molar-refractivity contribution >= 4 is 5.97 Å². The first-order valence-corrected chi connectivity index (χ1v) is 5.35. The van der Waals surface area contributed by atoms with Crippen molar-refractivity contribution in [2.45, 2.75) is 6.92 Å². The molecule has 2 saturated heterocycles. The van der Waals surface area contributed by atoms with Crippen molar-refractivity contribution in [3.05, 3.63) is 0 Å². The number of likely N-dealkylation sites (tertiary alicyclic amines) is 2. The van der Waals surface area contributed by atoms with Crippen LogP contribution in [0.15, 0.2) is 0 Å². The minimum Gasteiger partial charge on any atom is -0.480 e. The fourth-order valence-corrected chi connectivity index (χ4v) is 2.77. The van der Waals surface area contributed by atoms with Gasteiger partial charge in [0.2, 0.25) is 0 Å². The first-order valence-electron chi connectivity index (χ1n) is 5.35. The standard InChI is InChI=1S/C10H18N2O2/c1-2-11-3-8-5-12(7-10(13)14)6-9(8)4-11/h8-9H,2-7H2,1H3,(H,13,14). The van der Waals surface area contributed by atoms with Gasteiger partial charge in [-0.15, -0.1) is 0 Å². The van der Waals surface area contributed by atoms with Gasteiger partial charge in [-0.25, -0.2) is 0 Å². The van der Waals surface area contributed by atoms with Crippen LogP contribution in [0.2, 0.25) is 0 Å². The van der Waals surface area contributed by atoms with Crippen molar-refractivity contribution in [1.29, 1.82) is 0 Å². The molecule has 0 spiro atoms. The highest BCUT2D eigenvalue weighted by atomic mass is 16.4. The number of carboxylic acids is 1. The average molecular weight is 198 g/mol. The normalized spacial score (nSPS) is 33.5. The van der Waals surface area contributed by atoms with Gasteiger partial charge in [0.1, 0.15) is 0 Å². The van der Waals surface area contributed by atoms with E-state index in [9.17, 15) is 4.79 Å². The highest BCUT2D eigenvalue weighted by Crippen LogP contribution is 2.30. The van der Waals surface area contributed by atoms with E-state index in [2.05, 4.69) is 16.7 Å². The van der Waals surface area contributed by atoms with Crippen LogP contribution in [0.4, 0.5) is 0 Å². The number of hydrogen-bond donors (Lipinski definition) is 1. The summed E-state index contributed by atoms with van der Waals surface area (Å²) in [5, 5.41) is 8.68. The van der Waals surface area contributed by atoms with Crippen LogP contribution in [0, 0.1) is 11.8 Å². The maximum Gasteiger partial charge on any atom is 0.317 e. The summed E-state index contributed by atoms with van der Waals surface area (Å²) >= 11 is 0. The minimum absolute atomic E-state index is 0.221. The molecule has 2 aliphatic rings. The number of nitrogens with zero attached hydrogens (tertiary/aromatic N) is 2. The molecule has 0 radical (unpaired) electrons. The third-order valence-corrected chi connectivity index (χ3v) is 3.44. The Balaban J connectivity index is 1.84. The molecule has 4 nitrogen and oxygen atoms in total. The zero-order valence-electron chi connectivity index (χ0n) is 8.65. The molecule has 2 unspecified atom stereocenters. The van der Waals surface area contributed by atoms with E-state index in [1.54, 1.807) is 0 Å². The lowest BCUT2D eigenvalue weighted by Crippen LogP contribution is -2.32. The smallest absolute Gasteiger partial charge is 0.317 e. The molecule has 2 atom stereocenters. The fraction of sp³-hybridized carbons (Fsp3) is 0.900. The number of carbonyl (C=O) groups is 1. The number of rotatable bonds is 3. The van der Waals surface area contributed by atoms with Crippen LogP contribution in [0.3, 0.4) is 0 Å². The minimum atomic E-state index is -0.697. The molecule has 0 aliphatic carbocycles. The van der Waals surface area contributed by atoms with Gasteiger partial charge in [0.05, 0.1) is 6.54 Å². The summed E-state index contributed by atoms with van der Waals surface area (Å²) in [7, 11) is 0.